The summed E-state index contributed by atoms with van der Waals surface area (Å²) >= 11 is 13.4. The number of nitrogens with one attached hydrogen (secondary N) is 1. The van der Waals surface area contributed by atoms with Crippen LogP contribution in [0.3, 0.4) is 0 Å². The molecular formula is C24H19Cl2N3O2S. The number of carbonyl (C=O) groups is 2. The van der Waals surface area contributed by atoms with E-state index in [-0.39, 0.29) is 18.2 Å². The van der Waals surface area contributed by atoms with Gasteiger partial charge in [0.25, 0.3) is 0 Å². The van der Waals surface area contributed by atoms with Crippen LogP contribution in [0, 0.1) is 0 Å². The van der Waals surface area contributed by atoms with E-state index in [0.717, 1.165) is 16.5 Å². The molecule has 1 heterocycles. The smallest absolute Gasteiger partial charge is 0.242 e. The lowest BCUT2D eigenvalue weighted by atomic mass is 10.1. The zero-order valence-corrected chi connectivity index (χ0v) is 19.3. The Morgan fingerprint density at radius 1 is 1.16 bits per heavy atom. The summed E-state index contributed by atoms with van der Waals surface area (Å²) in [5.41, 5.74) is 1.18. The molecule has 0 saturated carbocycles. The molecule has 1 N–H and O–H groups in total. The maximum Gasteiger partial charge on any atom is 0.242 e. The molecule has 3 aromatic carbocycles. The van der Waals surface area contributed by atoms with Crippen LogP contribution < -0.4 is 5.32 Å². The van der Waals surface area contributed by atoms with Crippen molar-refractivity contribution in [3.8, 4) is 0 Å². The van der Waals surface area contributed by atoms with Gasteiger partial charge in [-0.3, -0.25) is 14.5 Å². The fraction of sp³-hybridized carbons (Fsp3) is 0.125. The summed E-state index contributed by atoms with van der Waals surface area (Å²) in [7, 11) is 0. The predicted octanol–water partition coefficient (Wildman–Crippen LogP) is 6.29. The third kappa shape index (κ3) is 4.83. The van der Waals surface area contributed by atoms with E-state index in [2.05, 4.69) is 11.9 Å². The highest BCUT2D eigenvalue weighted by molar-refractivity contribution is 8.15. The van der Waals surface area contributed by atoms with Crippen molar-refractivity contribution in [3.05, 3.63) is 83.4 Å². The topological polar surface area (TPSA) is 61.8 Å². The molecule has 0 unspecified atom stereocenters. The summed E-state index contributed by atoms with van der Waals surface area (Å²) in [5, 5.41) is 5.57. The highest BCUT2D eigenvalue weighted by atomic mass is 35.5. The minimum absolute atomic E-state index is 0.0193. The summed E-state index contributed by atoms with van der Waals surface area (Å²) in [5.74, 6) is -0.508. The van der Waals surface area contributed by atoms with Gasteiger partial charge in [0.15, 0.2) is 5.17 Å². The van der Waals surface area contributed by atoms with Crippen molar-refractivity contribution in [3.63, 3.8) is 0 Å². The molecule has 1 aliphatic heterocycles. The normalized spacial score (nSPS) is 17.2. The molecule has 0 aromatic heterocycles. The average molecular weight is 484 g/mol. The standard InChI is InChI=1S/C24H19Cl2N3O2S/c1-2-12-29-23(31)21(14-22(30)27-20-13-16(25)10-11-18(20)26)32-24(29)28-19-9-5-7-15-6-3-4-8-17(15)19/h2-11,13,21H,1,12,14H2,(H,27,30)/t21-/m0/s1. The van der Waals surface area contributed by atoms with Gasteiger partial charge in [0.05, 0.1) is 16.4 Å². The Hall–Kier alpha value is -2.80. The first kappa shape index (κ1) is 22.4. The summed E-state index contributed by atoms with van der Waals surface area (Å²) in [6, 6.07) is 18.6. The second-order valence-corrected chi connectivity index (χ2v) is 9.13. The highest BCUT2D eigenvalue weighted by Crippen LogP contribution is 2.34. The van der Waals surface area contributed by atoms with Gasteiger partial charge in [0.1, 0.15) is 5.25 Å². The molecular weight excluding hydrogens is 465 g/mol. The first-order valence-electron chi connectivity index (χ1n) is 9.86. The van der Waals surface area contributed by atoms with E-state index in [1.165, 1.54) is 11.8 Å². The number of amides is 2. The third-order valence-corrected chi connectivity index (χ3v) is 6.63. The highest BCUT2D eigenvalue weighted by Gasteiger charge is 2.38. The van der Waals surface area contributed by atoms with Gasteiger partial charge in [-0.15, -0.1) is 6.58 Å². The fourth-order valence-electron chi connectivity index (χ4n) is 3.39. The number of benzene rings is 3. The van der Waals surface area contributed by atoms with Gasteiger partial charge < -0.3 is 5.32 Å². The van der Waals surface area contributed by atoms with Crippen molar-refractivity contribution in [2.45, 2.75) is 11.7 Å². The second kappa shape index (κ2) is 9.77. The first-order chi connectivity index (χ1) is 15.5. The molecule has 0 spiro atoms. The van der Waals surface area contributed by atoms with Crippen LogP contribution in [-0.4, -0.2) is 33.7 Å². The number of hydrogen-bond donors (Lipinski definition) is 1. The van der Waals surface area contributed by atoms with Gasteiger partial charge in [-0.05, 0) is 29.7 Å². The van der Waals surface area contributed by atoms with Gasteiger partial charge in [-0.1, -0.05) is 77.4 Å². The van der Waals surface area contributed by atoms with Gasteiger partial charge in [0.2, 0.25) is 11.8 Å². The van der Waals surface area contributed by atoms with E-state index in [1.807, 2.05) is 42.5 Å². The number of fused-ring (bicyclic) bond motifs is 1. The lowest BCUT2D eigenvalue weighted by Crippen LogP contribution is -2.33. The summed E-state index contributed by atoms with van der Waals surface area (Å²) in [4.78, 5) is 32.0. The molecule has 0 radical (unpaired) electrons. The fourth-order valence-corrected chi connectivity index (χ4v) is 4.89. The molecule has 1 atom stereocenters. The number of rotatable bonds is 6. The van der Waals surface area contributed by atoms with Crippen molar-refractivity contribution in [1.29, 1.82) is 0 Å². The zero-order valence-electron chi connectivity index (χ0n) is 16.9. The Bertz CT molecular complexity index is 1240. The molecule has 0 bridgehead atoms. The molecule has 2 amide bonds. The maximum atomic E-state index is 13.0. The minimum Gasteiger partial charge on any atom is -0.325 e. The molecule has 32 heavy (non-hydrogen) atoms. The second-order valence-electron chi connectivity index (χ2n) is 7.11. The summed E-state index contributed by atoms with van der Waals surface area (Å²) < 4.78 is 0. The Kier molecular flexibility index (Phi) is 6.84. The number of aliphatic imine (C=N–C) groups is 1. The van der Waals surface area contributed by atoms with Crippen LogP contribution in [0.2, 0.25) is 10.0 Å². The Morgan fingerprint density at radius 2 is 1.94 bits per heavy atom. The Balaban J connectivity index is 1.57. The molecule has 1 saturated heterocycles. The van der Waals surface area contributed by atoms with Crippen LogP contribution >= 0.6 is 35.0 Å². The van der Waals surface area contributed by atoms with Crippen LogP contribution in [0.1, 0.15) is 6.42 Å². The molecule has 0 aliphatic carbocycles. The molecule has 1 aliphatic rings. The molecule has 1 fully saturated rings. The first-order valence-corrected chi connectivity index (χ1v) is 11.5. The number of halogens is 2. The van der Waals surface area contributed by atoms with Crippen LogP contribution in [0.5, 0.6) is 0 Å². The van der Waals surface area contributed by atoms with Crippen LogP contribution in [0.4, 0.5) is 11.4 Å². The minimum atomic E-state index is -0.596. The Morgan fingerprint density at radius 3 is 2.75 bits per heavy atom. The van der Waals surface area contributed by atoms with Crippen molar-refractivity contribution < 1.29 is 9.59 Å². The number of carbonyl (C=O) groups excluding carboxylic acids is 2. The lowest BCUT2D eigenvalue weighted by Gasteiger charge is -2.14. The summed E-state index contributed by atoms with van der Waals surface area (Å²) in [6.07, 6.45) is 1.62. The molecule has 162 valence electrons. The van der Waals surface area contributed by atoms with Gasteiger partial charge in [-0.2, -0.15) is 0 Å². The van der Waals surface area contributed by atoms with Crippen molar-refractivity contribution >= 4 is 74.1 Å². The van der Waals surface area contributed by atoms with Crippen molar-refractivity contribution in [2.24, 2.45) is 4.99 Å². The van der Waals surface area contributed by atoms with E-state index in [4.69, 9.17) is 28.2 Å². The van der Waals surface area contributed by atoms with Gasteiger partial charge >= 0.3 is 0 Å². The maximum absolute atomic E-state index is 13.0. The van der Waals surface area contributed by atoms with E-state index in [9.17, 15) is 9.59 Å². The molecule has 4 rings (SSSR count). The van der Waals surface area contributed by atoms with Crippen LogP contribution in [-0.2, 0) is 9.59 Å². The number of hydrogen-bond acceptors (Lipinski definition) is 4. The monoisotopic (exact) mass is 483 g/mol. The lowest BCUT2D eigenvalue weighted by molar-refractivity contribution is -0.127. The van der Waals surface area contributed by atoms with Crippen LogP contribution in [0.15, 0.2) is 78.3 Å². The zero-order chi connectivity index (χ0) is 22.7. The predicted molar refractivity (Wildman–Crippen MR) is 134 cm³/mol. The van der Waals surface area contributed by atoms with E-state index in [1.54, 1.807) is 29.2 Å². The van der Waals surface area contributed by atoms with Crippen LogP contribution in [0.25, 0.3) is 10.8 Å². The van der Waals surface area contributed by atoms with E-state index >= 15 is 0 Å². The number of thioether (sulfide) groups is 1. The average Bonchev–Trinajstić information content (AvgIpc) is 3.05. The molecule has 3 aromatic rings. The molecule has 5 nitrogen and oxygen atoms in total. The van der Waals surface area contributed by atoms with Gasteiger partial charge in [0, 0.05) is 23.4 Å². The van der Waals surface area contributed by atoms with Crippen molar-refractivity contribution in [1.82, 2.24) is 4.90 Å². The largest absolute Gasteiger partial charge is 0.325 e. The Labute approximate surface area is 200 Å². The van der Waals surface area contributed by atoms with Gasteiger partial charge in [-0.25, -0.2) is 4.99 Å². The number of amidine groups is 1. The van der Waals surface area contributed by atoms with Crippen molar-refractivity contribution in [2.75, 3.05) is 11.9 Å². The molecule has 8 heteroatoms. The summed E-state index contributed by atoms with van der Waals surface area (Å²) in [6.45, 7) is 4.06. The third-order valence-electron chi connectivity index (χ3n) is 4.89. The number of nitrogens with zero attached hydrogens (tertiary/aromatic N) is 2. The number of anilines is 1. The van der Waals surface area contributed by atoms with E-state index < -0.39 is 5.25 Å². The SMILES string of the molecule is C=CCN1C(=O)[C@H](CC(=O)Nc2cc(Cl)ccc2Cl)SC1=Nc1cccc2ccccc12. The van der Waals surface area contributed by atoms with E-state index in [0.29, 0.717) is 27.4 Å². The quantitative estimate of drug-likeness (QED) is 0.418.